The number of rotatable bonds is 4. The van der Waals surface area contributed by atoms with Gasteiger partial charge in [-0.1, -0.05) is 31.9 Å². The Kier molecular flexibility index (Phi) is 4.87. The van der Waals surface area contributed by atoms with Crippen molar-refractivity contribution < 1.29 is 0 Å². The van der Waals surface area contributed by atoms with Crippen LogP contribution in [0.25, 0.3) is 0 Å². The van der Waals surface area contributed by atoms with Gasteiger partial charge in [-0.25, -0.2) is 0 Å². The molecule has 1 nitrogen and oxygen atoms in total. The summed E-state index contributed by atoms with van der Waals surface area (Å²) in [5.74, 6) is 0. The van der Waals surface area contributed by atoms with Gasteiger partial charge in [0.15, 0.2) is 0 Å². The van der Waals surface area contributed by atoms with Crippen molar-refractivity contribution in [2.75, 3.05) is 19.6 Å². The van der Waals surface area contributed by atoms with Gasteiger partial charge in [0, 0.05) is 9.52 Å². The lowest BCUT2D eigenvalue weighted by atomic mass is 10.2. The van der Waals surface area contributed by atoms with Gasteiger partial charge in [-0.2, -0.15) is 0 Å². The number of hydrogen-bond acceptors (Lipinski definition) is 1. The molecule has 0 bridgehead atoms. The van der Waals surface area contributed by atoms with Gasteiger partial charge in [-0.3, -0.25) is 0 Å². The second-order valence-electron chi connectivity index (χ2n) is 3.61. The Morgan fingerprint density at radius 3 is 2.55 bits per heavy atom. The lowest BCUT2D eigenvalue weighted by Gasteiger charge is -2.25. The minimum atomic E-state index is 0.407. The fourth-order valence-corrected chi connectivity index (χ4v) is 3.46. The third-order valence-corrected chi connectivity index (χ3v) is 4.16. The highest BCUT2D eigenvalue weighted by Crippen LogP contribution is 2.05. The lowest BCUT2D eigenvalue weighted by molar-refractivity contribution is 0.287. The van der Waals surface area contributed by atoms with E-state index in [9.17, 15) is 0 Å². The predicted molar refractivity (Wildman–Crippen MR) is 54.1 cm³/mol. The minimum absolute atomic E-state index is 0.407. The standard InChI is InChI=1S/C9H21NSi/c1-2-3-4-5-10-6-8-11-9-7-10/h2-9,11H2,1H3. The van der Waals surface area contributed by atoms with E-state index in [4.69, 9.17) is 0 Å². The van der Waals surface area contributed by atoms with Crippen LogP contribution in [0, 0.1) is 0 Å². The second-order valence-corrected chi connectivity index (χ2v) is 5.73. The normalized spacial score (nSPS) is 20.5. The molecule has 1 aliphatic rings. The molecule has 0 aromatic heterocycles. The summed E-state index contributed by atoms with van der Waals surface area (Å²) in [7, 11) is 0.407. The van der Waals surface area contributed by atoms with Gasteiger partial charge < -0.3 is 4.90 Å². The quantitative estimate of drug-likeness (QED) is 0.458. The summed E-state index contributed by atoms with van der Waals surface area (Å²) in [4.78, 5) is 2.66. The summed E-state index contributed by atoms with van der Waals surface area (Å²) >= 11 is 0. The summed E-state index contributed by atoms with van der Waals surface area (Å²) in [6.45, 7) is 6.51. The molecule has 0 N–H and O–H groups in total. The first-order valence-electron chi connectivity index (χ1n) is 5.16. The van der Waals surface area contributed by atoms with Crippen LogP contribution < -0.4 is 0 Å². The molecule has 1 saturated heterocycles. The average Bonchev–Trinajstić information content (AvgIpc) is 2.07. The maximum atomic E-state index is 2.66. The Morgan fingerprint density at radius 2 is 1.91 bits per heavy atom. The van der Waals surface area contributed by atoms with Crippen LogP contribution in [-0.4, -0.2) is 34.1 Å². The molecule has 11 heavy (non-hydrogen) atoms. The summed E-state index contributed by atoms with van der Waals surface area (Å²) in [6.07, 6.45) is 4.22. The van der Waals surface area contributed by atoms with Gasteiger partial charge >= 0.3 is 0 Å². The molecule has 0 amide bonds. The number of unbranched alkanes of at least 4 members (excludes halogenated alkanes) is 2. The zero-order chi connectivity index (χ0) is 7.94. The van der Waals surface area contributed by atoms with Crippen molar-refractivity contribution in [2.45, 2.75) is 38.3 Å². The Balaban J connectivity index is 1.96. The van der Waals surface area contributed by atoms with E-state index in [1.165, 1.54) is 38.9 Å². The fraction of sp³-hybridized carbons (Fsp3) is 1.00. The van der Waals surface area contributed by atoms with Crippen LogP contribution in [0.2, 0.25) is 12.1 Å². The molecule has 0 spiro atoms. The van der Waals surface area contributed by atoms with Crippen LogP contribution >= 0.6 is 0 Å². The van der Waals surface area contributed by atoms with E-state index >= 15 is 0 Å². The van der Waals surface area contributed by atoms with E-state index in [2.05, 4.69) is 11.8 Å². The maximum Gasteiger partial charge on any atom is 0.0227 e. The van der Waals surface area contributed by atoms with E-state index in [0.717, 1.165) is 0 Å². The van der Waals surface area contributed by atoms with E-state index in [1.54, 1.807) is 12.1 Å². The van der Waals surface area contributed by atoms with E-state index in [0.29, 0.717) is 9.52 Å². The largest absolute Gasteiger partial charge is 0.304 e. The van der Waals surface area contributed by atoms with Crippen molar-refractivity contribution in [1.29, 1.82) is 0 Å². The van der Waals surface area contributed by atoms with Crippen LogP contribution in [0.4, 0.5) is 0 Å². The molecule has 0 saturated carbocycles. The SMILES string of the molecule is CCCCCN1CC[SiH2]CC1. The molecule has 1 heterocycles. The van der Waals surface area contributed by atoms with Crippen molar-refractivity contribution in [2.24, 2.45) is 0 Å². The van der Waals surface area contributed by atoms with Gasteiger partial charge in [0.25, 0.3) is 0 Å². The molecule has 1 aliphatic heterocycles. The monoisotopic (exact) mass is 171 g/mol. The van der Waals surface area contributed by atoms with Crippen molar-refractivity contribution >= 4 is 9.52 Å². The van der Waals surface area contributed by atoms with Crippen LogP contribution in [0.1, 0.15) is 26.2 Å². The molecule has 1 rings (SSSR count). The number of hydrogen-bond donors (Lipinski definition) is 0. The molecule has 0 radical (unpaired) electrons. The van der Waals surface area contributed by atoms with Crippen LogP contribution in [-0.2, 0) is 0 Å². The molecular formula is C9H21NSi. The smallest absolute Gasteiger partial charge is 0.0227 e. The Hall–Kier alpha value is 0.177. The van der Waals surface area contributed by atoms with Crippen LogP contribution in [0.3, 0.4) is 0 Å². The van der Waals surface area contributed by atoms with Gasteiger partial charge in [-0.05, 0) is 26.1 Å². The minimum Gasteiger partial charge on any atom is -0.304 e. The highest BCUT2D eigenvalue weighted by atomic mass is 28.2. The maximum absolute atomic E-state index is 2.66. The van der Waals surface area contributed by atoms with Gasteiger partial charge in [0.05, 0.1) is 0 Å². The Bertz CT molecular complexity index is 89.6. The van der Waals surface area contributed by atoms with Crippen molar-refractivity contribution in [3.05, 3.63) is 0 Å². The lowest BCUT2D eigenvalue weighted by Crippen LogP contribution is -2.32. The molecule has 1 fully saturated rings. The van der Waals surface area contributed by atoms with Crippen molar-refractivity contribution in [3.63, 3.8) is 0 Å². The third-order valence-electron chi connectivity index (χ3n) is 2.53. The first-order chi connectivity index (χ1) is 5.43. The van der Waals surface area contributed by atoms with Crippen LogP contribution in [0.5, 0.6) is 0 Å². The average molecular weight is 171 g/mol. The summed E-state index contributed by atoms with van der Waals surface area (Å²) in [6, 6.07) is 3.15. The number of nitrogens with zero attached hydrogens (tertiary/aromatic N) is 1. The molecule has 66 valence electrons. The molecular weight excluding hydrogens is 150 g/mol. The van der Waals surface area contributed by atoms with Gasteiger partial charge in [0.2, 0.25) is 0 Å². The molecule has 0 aliphatic carbocycles. The Morgan fingerprint density at radius 1 is 1.18 bits per heavy atom. The zero-order valence-electron chi connectivity index (χ0n) is 7.81. The highest BCUT2D eigenvalue weighted by molar-refractivity contribution is 6.35. The van der Waals surface area contributed by atoms with E-state index in [-0.39, 0.29) is 0 Å². The summed E-state index contributed by atoms with van der Waals surface area (Å²) < 4.78 is 0. The fourth-order valence-electron chi connectivity index (χ4n) is 1.77. The van der Waals surface area contributed by atoms with E-state index in [1.807, 2.05) is 0 Å². The first kappa shape index (κ1) is 9.27. The van der Waals surface area contributed by atoms with Crippen molar-refractivity contribution in [1.82, 2.24) is 4.90 Å². The van der Waals surface area contributed by atoms with E-state index < -0.39 is 0 Å². The molecule has 2 heteroatoms. The Labute approximate surface area is 73.0 Å². The summed E-state index contributed by atoms with van der Waals surface area (Å²) in [5, 5.41) is 0. The molecule has 0 aromatic carbocycles. The van der Waals surface area contributed by atoms with Crippen molar-refractivity contribution in [3.8, 4) is 0 Å². The predicted octanol–water partition coefficient (Wildman–Crippen LogP) is 1.50. The molecule has 0 unspecified atom stereocenters. The van der Waals surface area contributed by atoms with Gasteiger partial charge in [-0.15, -0.1) is 0 Å². The molecule has 0 aromatic rings. The summed E-state index contributed by atoms with van der Waals surface area (Å²) in [5.41, 5.74) is 0. The van der Waals surface area contributed by atoms with Crippen LogP contribution in [0.15, 0.2) is 0 Å². The zero-order valence-corrected chi connectivity index (χ0v) is 9.23. The van der Waals surface area contributed by atoms with Gasteiger partial charge in [0.1, 0.15) is 0 Å². The second kappa shape index (κ2) is 5.78. The topological polar surface area (TPSA) is 3.24 Å². The third kappa shape index (κ3) is 3.92. The first-order valence-corrected chi connectivity index (χ1v) is 7.16. The molecule has 0 atom stereocenters. The highest BCUT2D eigenvalue weighted by Gasteiger charge is 2.08.